The molecule has 0 saturated carbocycles. The number of aryl methyl sites for hydroxylation is 2. The van der Waals surface area contributed by atoms with Crippen LogP contribution in [0, 0.1) is 19.7 Å². The molecule has 0 spiro atoms. The predicted octanol–water partition coefficient (Wildman–Crippen LogP) is 4.06. The molecule has 0 radical (unpaired) electrons. The molecule has 6 nitrogen and oxygen atoms in total. The summed E-state index contributed by atoms with van der Waals surface area (Å²) in [5.41, 5.74) is 3.47. The summed E-state index contributed by atoms with van der Waals surface area (Å²) < 4.78 is 16.7. The highest BCUT2D eigenvalue weighted by atomic mass is 19.1. The number of halogens is 1. The summed E-state index contributed by atoms with van der Waals surface area (Å²) in [6.45, 7) is 3.67. The van der Waals surface area contributed by atoms with Crippen molar-refractivity contribution in [1.82, 2.24) is 19.7 Å². The number of nitrogens with zero attached hydrogens (tertiary/aromatic N) is 5. The Bertz CT molecular complexity index is 1250. The first-order valence-corrected chi connectivity index (χ1v) is 9.15. The highest BCUT2D eigenvalue weighted by Crippen LogP contribution is 2.30. The average Bonchev–Trinajstić information content (AvgIpc) is 3.14. The van der Waals surface area contributed by atoms with Crippen LogP contribution in [-0.4, -0.2) is 32.7 Å². The second kappa shape index (κ2) is 7.09. The van der Waals surface area contributed by atoms with Gasteiger partial charge in [0.25, 0.3) is 5.91 Å². The molecule has 0 aliphatic rings. The van der Waals surface area contributed by atoms with E-state index in [0.717, 1.165) is 16.5 Å². The Morgan fingerprint density at radius 2 is 1.93 bits per heavy atom. The van der Waals surface area contributed by atoms with E-state index in [0.29, 0.717) is 22.6 Å². The Morgan fingerprint density at radius 1 is 1.14 bits per heavy atom. The van der Waals surface area contributed by atoms with Gasteiger partial charge in [-0.2, -0.15) is 5.10 Å². The van der Waals surface area contributed by atoms with Crippen molar-refractivity contribution in [1.29, 1.82) is 0 Å². The maximum atomic E-state index is 15.2. The molecule has 7 heteroatoms. The SMILES string of the molecule is Cc1ccc2nc(-c3ccc(N(C)C(=O)c4ccnn4C)c(F)c3C)ncc2c1. The highest BCUT2D eigenvalue weighted by Gasteiger charge is 2.22. The van der Waals surface area contributed by atoms with Crippen LogP contribution in [0.2, 0.25) is 0 Å². The summed E-state index contributed by atoms with van der Waals surface area (Å²) in [6.07, 6.45) is 3.28. The highest BCUT2D eigenvalue weighted by molar-refractivity contribution is 6.04. The number of amides is 1. The molecule has 4 rings (SSSR count). The second-order valence-corrected chi connectivity index (χ2v) is 7.03. The van der Waals surface area contributed by atoms with Crippen LogP contribution in [0.1, 0.15) is 21.6 Å². The van der Waals surface area contributed by atoms with Crippen LogP contribution in [0.3, 0.4) is 0 Å². The quantitative estimate of drug-likeness (QED) is 0.530. The van der Waals surface area contributed by atoms with Gasteiger partial charge in [-0.25, -0.2) is 14.4 Å². The van der Waals surface area contributed by atoms with E-state index in [4.69, 9.17) is 0 Å². The van der Waals surface area contributed by atoms with E-state index in [9.17, 15) is 4.79 Å². The second-order valence-electron chi connectivity index (χ2n) is 7.03. The Hall–Kier alpha value is -3.61. The van der Waals surface area contributed by atoms with Crippen molar-refractivity contribution in [2.24, 2.45) is 7.05 Å². The number of carbonyl (C=O) groups is 1. The zero-order valence-electron chi connectivity index (χ0n) is 16.6. The monoisotopic (exact) mass is 389 g/mol. The lowest BCUT2D eigenvalue weighted by atomic mass is 10.0. The molecular weight excluding hydrogens is 369 g/mol. The summed E-state index contributed by atoms with van der Waals surface area (Å²) in [4.78, 5) is 23.0. The fraction of sp³-hybridized carbons (Fsp3) is 0.182. The van der Waals surface area contributed by atoms with Crippen molar-refractivity contribution in [3.05, 3.63) is 71.4 Å². The number of carbonyl (C=O) groups excluding carboxylic acids is 1. The lowest BCUT2D eigenvalue weighted by Crippen LogP contribution is -2.29. The van der Waals surface area contributed by atoms with Gasteiger partial charge in [-0.3, -0.25) is 9.48 Å². The third-order valence-corrected chi connectivity index (χ3v) is 5.05. The number of benzene rings is 2. The molecule has 1 amide bonds. The first kappa shape index (κ1) is 18.7. The van der Waals surface area contributed by atoms with E-state index in [-0.39, 0.29) is 11.6 Å². The summed E-state index contributed by atoms with van der Waals surface area (Å²) in [7, 11) is 3.21. The Balaban J connectivity index is 1.73. The van der Waals surface area contributed by atoms with Gasteiger partial charge in [-0.05, 0) is 49.7 Å². The number of rotatable bonds is 3. The van der Waals surface area contributed by atoms with Gasteiger partial charge in [0.15, 0.2) is 11.6 Å². The molecule has 2 aromatic carbocycles. The van der Waals surface area contributed by atoms with E-state index in [1.54, 1.807) is 45.4 Å². The van der Waals surface area contributed by atoms with E-state index in [1.807, 2.05) is 25.1 Å². The molecule has 0 unspecified atom stereocenters. The van der Waals surface area contributed by atoms with Crippen LogP contribution in [0.15, 0.2) is 48.8 Å². The molecule has 0 atom stereocenters. The van der Waals surface area contributed by atoms with E-state index in [2.05, 4.69) is 15.1 Å². The zero-order chi connectivity index (χ0) is 20.7. The molecule has 0 N–H and O–H groups in total. The van der Waals surface area contributed by atoms with Crippen LogP contribution >= 0.6 is 0 Å². The summed E-state index contributed by atoms with van der Waals surface area (Å²) in [6, 6.07) is 10.8. The number of hydrogen-bond acceptors (Lipinski definition) is 4. The van der Waals surface area contributed by atoms with Gasteiger partial charge < -0.3 is 4.90 Å². The van der Waals surface area contributed by atoms with Crippen molar-refractivity contribution < 1.29 is 9.18 Å². The molecule has 146 valence electrons. The maximum Gasteiger partial charge on any atom is 0.276 e. The van der Waals surface area contributed by atoms with Gasteiger partial charge in [-0.15, -0.1) is 0 Å². The summed E-state index contributed by atoms with van der Waals surface area (Å²) >= 11 is 0. The smallest absolute Gasteiger partial charge is 0.276 e. The Labute approximate surface area is 167 Å². The third kappa shape index (κ3) is 3.24. The van der Waals surface area contributed by atoms with Gasteiger partial charge in [0.1, 0.15) is 5.69 Å². The fourth-order valence-corrected chi connectivity index (χ4v) is 3.32. The normalized spacial score (nSPS) is 11.1. The van der Waals surface area contributed by atoms with Gasteiger partial charge in [0.05, 0.1) is 11.2 Å². The fourth-order valence-electron chi connectivity index (χ4n) is 3.32. The lowest BCUT2D eigenvalue weighted by Gasteiger charge is -2.20. The number of fused-ring (bicyclic) bond motifs is 1. The molecule has 0 aliphatic heterocycles. The molecule has 0 aliphatic carbocycles. The van der Waals surface area contributed by atoms with Crippen LogP contribution in [0.5, 0.6) is 0 Å². The van der Waals surface area contributed by atoms with Crippen molar-refractivity contribution in [2.75, 3.05) is 11.9 Å². The van der Waals surface area contributed by atoms with E-state index in [1.165, 1.54) is 15.8 Å². The van der Waals surface area contributed by atoms with Crippen molar-refractivity contribution in [3.8, 4) is 11.4 Å². The molecule has 2 aromatic heterocycles. The number of hydrogen-bond donors (Lipinski definition) is 0. The number of anilines is 1. The topological polar surface area (TPSA) is 63.9 Å². The molecule has 0 saturated heterocycles. The van der Waals surface area contributed by atoms with Gasteiger partial charge >= 0.3 is 0 Å². The Morgan fingerprint density at radius 3 is 2.66 bits per heavy atom. The van der Waals surface area contributed by atoms with Crippen molar-refractivity contribution in [2.45, 2.75) is 13.8 Å². The number of aromatic nitrogens is 4. The van der Waals surface area contributed by atoms with Gasteiger partial charge in [-0.1, -0.05) is 11.6 Å². The summed E-state index contributed by atoms with van der Waals surface area (Å²) in [5.74, 6) is -0.369. The van der Waals surface area contributed by atoms with E-state index >= 15 is 4.39 Å². The van der Waals surface area contributed by atoms with Crippen LogP contribution in [0.25, 0.3) is 22.3 Å². The Kier molecular flexibility index (Phi) is 4.58. The summed E-state index contributed by atoms with van der Waals surface area (Å²) in [5, 5.41) is 4.93. The van der Waals surface area contributed by atoms with E-state index < -0.39 is 5.82 Å². The van der Waals surface area contributed by atoms with Crippen molar-refractivity contribution >= 4 is 22.5 Å². The largest absolute Gasteiger partial charge is 0.307 e. The molecule has 29 heavy (non-hydrogen) atoms. The predicted molar refractivity (Wildman–Crippen MR) is 110 cm³/mol. The molecule has 0 bridgehead atoms. The third-order valence-electron chi connectivity index (χ3n) is 5.05. The van der Waals surface area contributed by atoms with Crippen LogP contribution in [-0.2, 0) is 7.05 Å². The van der Waals surface area contributed by atoms with Crippen LogP contribution < -0.4 is 4.90 Å². The molecule has 2 heterocycles. The average molecular weight is 389 g/mol. The molecular formula is C22H20FN5O. The zero-order valence-corrected chi connectivity index (χ0v) is 16.6. The minimum Gasteiger partial charge on any atom is -0.307 e. The van der Waals surface area contributed by atoms with Crippen LogP contribution in [0.4, 0.5) is 10.1 Å². The minimum atomic E-state index is -0.479. The van der Waals surface area contributed by atoms with Gasteiger partial charge in [0.2, 0.25) is 0 Å². The minimum absolute atomic E-state index is 0.189. The van der Waals surface area contributed by atoms with Gasteiger partial charge in [0, 0.05) is 37.4 Å². The maximum absolute atomic E-state index is 15.2. The lowest BCUT2D eigenvalue weighted by molar-refractivity contribution is 0.0983. The van der Waals surface area contributed by atoms with Crippen molar-refractivity contribution in [3.63, 3.8) is 0 Å². The molecule has 4 aromatic rings. The molecule has 0 fully saturated rings. The standard InChI is InChI=1S/C22H20FN5O/c1-13-5-7-17-15(11-13)12-24-21(26-17)16-6-8-18(20(23)14(16)2)27(3)22(29)19-9-10-25-28(19)4/h5-12H,1-4H3. The first-order chi connectivity index (χ1) is 13.9. The first-order valence-electron chi connectivity index (χ1n) is 9.15.